The molecule has 1 aromatic heterocycles. The Labute approximate surface area is 88.0 Å². The first kappa shape index (κ1) is 11.5. The van der Waals surface area contributed by atoms with Crippen LogP contribution in [0.4, 0.5) is 5.69 Å². The number of hydrogen-bond acceptors (Lipinski definition) is 5. The van der Waals surface area contributed by atoms with Gasteiger partial charge in [-0.05, 0) is 11.4 Å². The first-order chi connectivity index (χ1) is 6.77. The maximum atomic E-state index is 5.73. The second kappa shape index (κ2) is 5.98. The Kier molecular flexibility index (Phi) is 4.89. The molecule has 5 heteroatoms. The topological polar surface area (TPSA) is 56.5 Å². The summed E-state index contributed by atoms with van der Waals surface area (Å²) >= 11 is 1.65. The number of nitrogen functional groups attached to an aromatic ring is 1. The first-order valence-electron chi connectivity index (χ1n) is 4.36. The van der Waals surface area contributed by atoms with Crippen LogP contribution in [-0.2, 0) is 16.0 Å². The minimum Gasteiger partial charge on any atom is -0.398 e. The third kappa shape index (κ3) is 3.26. The van der Waals surface area contributed by atoms with Crippen LogP contribution >= 0.6 is 11.3 Å². The molecule has 80 valence electrons. The maximum Gasteiger partial charge on any atom is 0.169 e. The highest BCUT2D eigenvalue weighted by Gasteiger charge is 2.05. The molecule has 0 spiro atoms. The van der Waals surface area contributed by atoms with Crippen LogP contribution in [0.25, 0.3) is 0 Å². The van der Waals surface area contributed by atoms with Gasteiger partial charge in [0.25, 0.3) is 0 Å². The van der Waals surface area contributed by atoms with Gasteiger partial charge in [0.15, 0.2) is 6.29 Å². The zero-order valence-corrected chi connectivity index (χ0v) is 9.26. The Morgan fingerprint density at radius 1 is 1.50 bits per heavy atom. The third-order valence-corrected chi connectivity index (χ3v) is 2.84. The molecule has 0 unspecified atom stereocenters. The van der Waals surface area contributed by atoms with Crippen molar-refractivity contribution in [2.45, 2.75) is 12.8 Å². The highest BCUT2D eigenvalue weighted by molar-refractivity contribution is 7.10. The van der Waals surface area contributed by atoms with Gasteiger partial charge in [-0.3, -0.25) is 0 Å². The summed E-state index contributed by atoms with van der Waals surface area (Å²) in [6, 6.07) is 1.91. The number of rotatable bonds is 6. The van der Waals surface area contributed by atoms with E-state index in [0.29, 0.717) is 6.54 Å². The fourth-order valence-electron chi connectivity index (χ4n) is 1.06. The Morgan fingerprint density at radius 3 is 2.71 bits per heavy atom. The number of ether oxygens (including phenoxy) is 2. The van der Waals surface area contributed by atoms with Crippen molar-refractivity contribution in [2.75, 3.05) is 26.5 Å². The molecule has 0 saturated carbocycles. The van der Waals surface area contributed by atoms with E-state index in [1.807, 2.05) is 11.4 Å². The van der Waals surface area contributed by atoms with E-state index in [9.17, 15) is 0 Å². The van der Waals surface area contributed by atoms with Crippen molar-refractivity contribution in [1.29, 1.82) is 0 Å². The van der Waals surface area contributed by atoms with Crippen LogP contribution in [0.15, 0.2) is 11.4 Å². The SMILES string of the molecule is COC(CNCc1sccc1N)OC. The van der Waals surface area contributed by atoms with Gasteiger partial charge in [0.05, 0.1) is 0 Å². The van der Waals surface area contributed by atoms with E-state index >= 15 is 0 Å². The average molecular weight is 216 g/mol. The number of thiophene rings is 1. The summed E-state index contributed by atoms with van der Waals surface area (Å²) in [7, 11) is 3.24. The molecule has 0 aliphatic carbocycles. The van der Waals surface area contributed by atoms with Crippen molar-refractivity contribution < 1.29 is 9.47 Å². The fraction of sp³-hybridized carbons (Fsp3) is 0.556. The molecule has 1 rings (SSSR count). The normalized spacial score (nSPS) is 11.1. The van der Waals surface area contributed by atoms with Gasteiger partial charge in [0.2, 0.25) is 0 Å². The van der Waals surface area contributed by atoms with Crippen LogP contribution in [0.5, 0.6) is 0 Å². The Hall–Kier alpha value is -0.620. The van der Waals surface area contributed by atoms with Crippen LogP contribution in [0.3, 0.4) is 0 Å². The Balaban J connectivity index is 2.24. The van der Waals surface area contributed by atoms with Gasteiger partial charge >= 0.3 is 0 Å². The largest absolute Gasteiger partial charge is 0.398 e. The monoisotopic (exact) mass is 216 g/mol. The molecule has 14 heavy (non-hydrogen) atoms. The highest BCUT2D eigenvalue weighted by atomic mass is 32.1. The van der Waals surface area contributed by atoms with Gasteiger partial charge in [-0.1, -0.05) is 0 Å². The molecule has 4 nitrogen and oxygen atoms in total. The third-order valence-electron chi connectivity index (χ3n) is 1.90. The second-order valence-electron chi connectivity index (χ2n) is 2.83. The van der Waals surface area contributed by atoms with Gasteiger partial charge in [-0.25, -0.2) is 0 Å². The highest BCUT2D eigenvalue weighted by Crippen LogP contribution is 2.17. The summed E-state index contributed by atoms with van der Waals surface area (Å²) in [6.45, 7) is 1.41. The molecule has 1 heterocycles. The van der Waals surface area contributed by atoms with Crippen LogP contribution < -0.4 is 11.1 Å². The molecular formula is C9H16N2O2S. The number of nitrogens with two attached hydrogens (primary N) is 1. The molecule has 1 aromatic rings. The smallest absolute Gasteiger partial charge is 0.169 e. The van der Waals surface area contributed by atoms with Gasteiger partial charge < -0.3 is 20.5 Å². The predicted octanol–water partition coefficient (Wildman–Crippen LogP) is 1.04. The molecule has 0 fully saturated rings. The zero-order valence-electron chi connectivity index (χ0n) is 8.45. The van der Waals surface area contributed by atoms with Gasteiger partial charge in [-0.15, -0.1) is 11.3 Å². The zero-order chi connectivity index (χ0) is 10.4. The number of anilines is 1. The fourth-order valence-corrected chi connectivity index (χ4v) is 1.83. The molecule has 0 aliphatic heterocycles. The average Bonchev–Trinajstić information content (AvgIpc) is 2.59. The van der Waals surface area contributed by atoms with E-state index in [1.54, 1.807) is 25.6 Å². The summed E-state index contributed by atoms with van der Waals surface area (Å²) in [4.78, 5) is 1.15. The molecule has 0 radical (unpaired) electrons. The van der Waals surface area contributed by atoms with E-state index in [2.05, 4.69) is 5.32 Å². The lowest BCUT2D eigenvalue weighted by molar-refractivity contribution is -0.0988. The lowest BCUT2D eigenvalue weighted by atomic mass is 10.4. The molecule has 0 saturated heterocycles. The van der Waals surface area contributed by atoms with E-state index < -0.39 is 0 Å². The van der Waals surface area contributed by atoms with Crippen molar-refractivity contribution in [3.63, 3.8) is 0 Å². The summed E-state index contributed by atoms with van der Waals surface area (Å²) in [6.07, 6.45) is -0.198. The molecule has 0 amide bonds. The Morgan fingerprint density at radius 2 is 2.21 bits per heavy atom. The number of hydrogen-bond donors (Lipinski definition) is 2. The summed E-state index contributed by atoms with van der Waals surface area (Å²) in [5.41, 5.74) is 6.57. The molecule has 0 aliphatic rings. The summed E-state index contributed by atoms with van der Waals surface area (Å²) in [5, 5.41) is 5.19. The van der Waals surface area contributed by atoms with Crippen molar-refractivity contribution in [1.82, 2.24) is 5.32 Å². The molecule has 0 atom stereocenters. The van der Waals surface area contributed by atoms with E-state index in [0.717, 1.165) is 17.1 Å². The van der Waals surface area contributed by atoms with Gasteiger partial charge in [0, 0.05) is 37.9 Å². The van der Waals surface area contributed by atoms with Crippen LogP contribution in [-0.4, -0.2) is 27.1 Å². The van der Waals surface area contributed by atoms with Crippen molar-refractivity contribution >= 4 is 17.0 Å². The van der Waals surface area contributed by atoms with Crippen LogP contribution in [0.1, 0.15) is 4.88 Å². The standard InChI is InChI=1S/C9H16N2O2S/c1-12-9(13-2)6-11-5-8-7(10)3-4-14-8/h3-4,9,11H,5-6,10H2,1-2H3. The maximum absolute atomic E-state index is 5.73. The quantitative estimate of drug-likeness (QED) is 0.698. The minimum atomic E-state index is -0.198. The van der Waals surface area contributed by atoms with Crippen LogP contribution in [0.2, 0.25) is 0 Å². The molecule has 0 aromatic carbocycles. The number of methoxy groups -OCH3 is 2. The Bertz CT molecular complexity index is 261. The molecule has 0 bridgehead atoms. The van der Waals surface area contributed by atoms with E-state index in [1.165, 1.54) is 0 Å². The predicted molar refractivity (Wildman–Crippen MR) is 58.2 cm³/mol. The van der Waals surface area contributed by atoms with E-state index in [-0.39, 0.29) is 6.29 Å². The lowest BCUT2D eigenvalue weighted by Crippen LogP contribution is -2.29. The van der Waals surface area contributed by atoms with Crippen molar-refractivity contribution in [3.05, 3.63) is 16.3 Å². The van der Waals surface area contributed by atoms with E-state index in [4.69, 9.17) is 15.2 Å². The number of nitrogens with one attached hydrogen (secondary N) is 1. The molecular weight excluding hydrogens is 200 g/mol. The lowest BCUT2D eigenvalue weighted by Gasteiger charge is -2.13. The first-order valence-corrected chi connectivity index (χ1v) is 5.24. The van der Waals surface area contributed by atoms with Crippen LogP contribution in [0, 0.1) is 0 Å². The van der Waals surface area contributed by atoms with Crippen molar-refractivity contribution in [3.8, 4) is 0 Å². The summed E-state index contributed by atoms with van der Waals surface area (Å²) in [5.74, 6) is 0. The minimum absolute atomic E-state index is 0.198. The second-order valence-corrected chi connectivity index (χ2v) is 3.83. The van der Waals surface area contributed by atoms with Gasteiger partial charge in [-0.2, -0.15) is 0 Å². The van der Waals surface area contributed by atoms with Crippen molar-refractivity contribution in [2.24, 2.45) is 0 Å². The van der Waals surface area contributed by atoms with Gasteiger partial charge in [0.1, 0.15) is 0 Å². The molecule has 3 N–H and O–H groups in total. The summed E-state index contributed by atoms with van der Waals surface area (Å²) < 4.78 is 10.1.